The maximum atomic E-state index is 12.3. The molecule has 0 saturated heterocycles. The van der Waals surface area contributed by atoms with E-state index in [1.807, 2.05) is 20.8 Å². The summed E-state index contributed by atoms with van der Waals surface area (Å²) in [6, 6.07) is 5.10. The van der Waals surface area contributed by atoms with E-state index in [0.717, 1.165) is 5.56 Å². The van der Waals surface area contributed by atoms with E-state index in [0.29, 0.717) is 5.56 Å². The lowest BCUT2D eigenvalue weighted by atomic mass is 10.1. The lowest BCUT2D eigenvalue weighted by molar-refractivity contribution is -0.136. The van der Waals surface area contributed by atoms with Crippen molar-refractivity contribution in [3.8, 4) is 0 Å². The number of hydrogen-bond acceptors (Lipinski definition) is 3. The largest absolute Gasteiger partial charge is 0.481 e. The summed E-state index contributed by atoms with van der Waals surface area (Å²) in [5, 5.41) is 8.73. The SMILES string of the molecule is Cc1ccc(S(=O)(=O)CC(C)C)c(CCC(=O)O)c1. The van der Waals surface area contributed by atoms with Crippen LogP contribution in [0.3, 0.4) is 0 Å². The molecule has 1 aromatic rings. The Morgan fingerprint density at radius 1 is 1.32 bits per heavy atom. The van der Waals surface area contributed by atoms with Crippen molar-refractivity contribution in [2.24, 2.45) is 5.92 Å². The lowest BCUT2D eigenvalue weighted by Crippen LogP contribution is -2.14. The Morgan fingerprint density at radius 3 is 2.47 bits per heavy atom. The molecule has 5 heteroatoms. The minimum atomic E-state index is -3.35. The Hall–Kier alpha value is -1.36. The maximum Gasteiger partial charge on any atom is 0.303 e. The van der Waals surface area contributed by atoms with E-state index in [-0.39, 0.29) is 29.4 Å². The molecule has 0 heterocycles. The summed E-state index contributed by atoms with van der Waals surface area (Å²) in [6.45, 7) is 5.56. The molecule has 1 N–H and O–H groups in total. The number of sulfone groups is 1. The summed E-state index contributed by atoms with van der Waals surface area (Å²) < 4.78 is 24.5. The first-order chi connectivity index (χ1) is 8.72. The van der Waals surface area contributed by atoms with Gasteiger partial charge in [0, 0.05) is 6.42 Å². The molecule has 0 fully saturated rings. The third-order valence-corrected chi connectivity index (χ3v) is 4.89. The predicted octanol–water partition coefficient (Wildman–Crippen LogP) is 2.44. The van der Waals surface area contributed by atoms with Crippen molar-refractivity contribution in [1.29, 1.82) is 0 Å². The molecular weight excluding hydrogens is 264 g/mol. The van der Waals surface area contributed by atoms with E-state index in [1.165, 1.54) is 0 Å². The molecule has 0 bridgehead atoms. The minimum absolute atomic E-state index is 0.0404. The third-order valence-electron chi connectivity index (χ3n) is 2.71. The fourth-order valence-electron chi connectivity index (χ4n) is 1.98. The lowest BCUT2D eigenvalue weighted by Gasteiger charge is -2.12. The minimum Gasteiger partial charge on any atom is -0.481 e. The molecule has 0 saturated carbocycles. The molecule has 0 aromatic heterocycles. The molecule has 1 aromatic carbocycles. The fraction of sp³-hybridized carbons (Fsp3) is 0.500. The van der Waals surface area contributed by atoms with Gasteiger partial charge in [-0.05, 0) is 30.9 Å². The van der Waals surface area contributed by atoms with Crippen LogP contribution in [0, 0.1) is 12.8 Å². The van der Waals surface area contributed by atoms with Gasteiger partial charge in [0.1, 0.15) is 0 Å². The number of aryl methyl sites for hydroxylation is 2. The van der Waals surface area contributed by atoms with Gasteiger partial charge in [0.15, 0.2) is 9.84 Å². The van der Waals surface area contributed by atoms with E-state index in [4.69, 9.17) is 5.11 Å². The molecule has 0 amide bonds. The van der Waals surface area contributed by atoms with Crippen LogP contribution in [-0.4, -0.2) is 25.2 Å². The average Bonchev–Trinajstić information content (AvgIpc) is 2.24. The van der Waals surface area contributed by atoms with Crippen LogP contribution in [0.25, 0.3) is 0 Å². The van der Waals surface area contributed by atoms with Gasteiger partial charge in [0.25, 0.3) is 0 Å². The summed E-state index contributed by atoms with van der Waals surface area (Å²) in [5.41, 5.74) is 1.53. The summed E-state index contributed by atoms with van der Waals surface area (Å²) in [5.74, 6) is -0.803. The van der Waals surface area contributed by atoms with Crippen molar-refractivity contribution in [2.45, 2.75) is 38.5 Å². The van der Waals surface area contributed by atoms with Crippen molar-refractivity contribution in [1.82, 2.24) is 0 Å². The number of benzene rings is 1. The number of carboxylic acids is 1. The second-order valence-electron chi connectivity index (χ2n) is 5.18. The van der Waals surface area contributed by atoms with Crippen molar-refractivity contribution in [2.75, 3.05) is 5.75 Å². The summed E-state index contributed by atoms with van der Waals surface area (Å²) >= 11 is 0. The van der Waals surface area contributed by atoms with Crippen LogP contribution in [0.15, 0.2) is 23.1 Å². The van der Waals surface area contributed by atoms with Crippen molar-refractivity contribution in [3.63, 3.8) is 0 Å². The van der Waals surface area contributed by atoms with Gasteiger partial charge >= 0.3 is 5.97 Å². The second-order valence-corrected chi connectivity index (χ2v) is 7.18. The molecule has 4 nitrogen and oxygen atoms in total. The fourth-order valence-corrected chi connectivity index (χ4v) is 3.87. The van der Waals surface area contributed by atoms with Crippen LogP contribution < -0.4 is 0 Å². The highest BCUT2D eigenvalue weighted by Gasteiger charge is 2.20. The number of hydrogen-bond donors (Lipinski definition) is 1. The first-order valence-electron chi connectivity index (χ1n) is 6.26. The Labute approximate surface area is 114 Å². The Bertz CT molecular complexity index is 559. The number of rotatable bonds is 6. The number of carbonyl (C=O) groups is 1. The van der Waals surface area contributed by atoms with Gasteiger partial charge in [-0.25, -0.2) is 8.42 Å². The van der Waals surface area contributed by atoms with Crippen LogP contribution in [0.5, 0.6) is 0 Å². The van der Waals surface area contributed by atoms with Gasteiger partial charge < -0.3 is 5.11 Å². The monoisotopic (exact) mass is 284 g/mol. The van der Waals surface area contributed by atoms with E-state index >= 15 is 0 Å². The van der Waals surface area contributed by atoms with Crippen LogP contribution in [0.4, 0.5) is 0 Å². The Kier molecular flexibility index (Phi) is 5.11. The maximum absolute atomic E-state index is 12.3. The molecule has 0 aliphatic rings. The normalized spacial score (nSPS) is 11.8. The second kappa shape index (κ2) is 6.19. The zero-order chi connectivity index (χ0) is 14.6. The highest BCUT2D eigenvalue weighted by Crippen LogP contribution is 2.22. The van der Waals surface area contributed by atoms with Gasteiger partial charge in [0.2, 0.25) is 0 Å². The van der Waals surface area contributed by atoms with Gasteiger partial charge in [-0.15, -0.1) is 0 Å². The smallest absolute Gasteiger partial charge is 0.303 e. The molecule has 0 atom stereocenters. The molecule has 0 spiro atoms. The standard InChI is InChI=1S/C14H20O4S/c1-10(2)9-19(17,18)13-6-4-11(3)8-12(13)5-7-14(15)16/h4,6,8,10H,5,7,9H2,1-3H3,(H,15,16). The summed E-state index contributed by atoms with van der Waals surface area (Å²) in [6.07, 6.45) is 0.178. The average molecular weight is 284 g/mol. The summed E-state index contributed by atoms with van der Waals surface area (Å²) in [7, 11) is -3.35. The Morgan fingerprint density at radius 2 is 1.95 bits per heavy atom. The quantitative estimate of drug-likeness (QED) is 0.871. The number of carboxylic acid groups (broad SMARTS) is 1. The molecule has 0 unspecified atom stereocenters. The van der Waals surface area contributed by atoms with Gasteiger partial charge in [-0.2, -0.15) is 0 Å². The van der Waals surface area contributed by atoms with E-state index in [1.54, 1.807) is 18.2 Å². The van der Waals surface area contributed by atoms with Crippen molar-refractivity contribution in [3.05, 3.63) is 29.3 Å². The molecule has 0 aliphatic carbocycles. The highest BCUT2D eigenvalue weighted by molar-refractivity contribution is 7.91. The zero-order valence-corrected chi connectivity index (χ0v) is 12.3. The van der Waals surface area contributed by atoms with E-state index in [9.17, 15) is 13.2 Å². The van der Waals surface area contributed by atoms with Gasteiger partial charge in [-0.3, -0.25) is 4.79 Å². The van der Waals surface area contributed by atoms with E-state index in [2.05, 4.69) is 0 Å². The molecular formula is C14H20O4S. The Balaban J connectivity index is 3.16. The third kappa shape index (κ3) is 4.67. The van der Waals surface area contributed by atoms with Crippen LogP contribution >= 0.6 is 0 Å². The molecule has 0 radical (unpaired) electrons. The molecule has 0 aliphatic heterocycles. The number of aliphatic carboxylic acids is 1. The molecule has 1 rings (SSSR count). The first kappa shape index (κ1) is 15.7. The van der Waals surface area contributed by atoms with E-state index < -0.39 is 15.8 Å². The molecule has 19 heavy (non-hydrogen) atoms. The van der Waals surface area contributed by atoms with Crippen LogP contribution in [0.2, 0.25) is 0 Å². The van der Waals surface area contributed by atoms with Gasteiger partial charge in [-0.1, -0.05) is 31.5 Å². The summed E-state index contributed by atoms with van der Waals surface area (Å²) in [4.78, 5) is 10.9. The molecule has 106 valence electrons. The zero-order valence-electron chi connectivity index (χ0n) is 11.5. The first-order valence-corrected chi connectivity index (χ1v) is 7.91. The highest BCUT2D eigenvalue weighted by atomic mass is 32.2. The predicted molar refractivity (Wildman–Crippen MR) is 74.0 cm³/mol. The van der Waals surface area contributed by atoms with Crippen LogP contribution in [0.1, 0.15) is 31.4 Å². The topological polar surface area (TPSA) is 71.4 Å². The van der Waals surface area contributed by atoms with Gasteiger partial charge in [0.05, 0.1) is 10.6 Å². The van der Waals surface area contributed by atoms with Crippen LogP contribution in [-0.2, 0) is 21.1 Å². The van der Waals surface area contributed by atoms with Crippen molar-refractivity contribution >= 4 is 15.8 Å². The van der Waals surface area contributed by atoms with Crippen molar-refractivity contribution < 1.29 is 18.3 Å².